The fourth-order valence-electron chi connectivity index (χ4n) is 2.66. The van der Waals surface area contributed by atoms with Crippen molar-refractivity contribution >= 4 is 16.9 Å². The zero-order valence-electron chi connectivity index (χ0n) is 13.5. The van der Waals surface area contributed by atoms with Gasteiger partial charge in [0.15, 0.2) is 5.65 Å². The van der Waals surface area contributed by atoms with E-state index in [9.17, 15) is 4.79 Å². The Labute approximate surface area is 134 Å². The number of pyridine rings is 2. The van der Waals surface area contributed by atoms with Crippen molar-refractivity contribution in [3.05, 3.63) is 53.1 Å². The lowest BCUT2D eigenvalue weighted by atomic mass is 10.1. The Kier molecular flexibility index (Phi) is 4.06. The number of aryl methyl sites for hydroxylation is 3. The van der Waals surface area contributed by atoms with Gasteiger partial charge in [-0.1, -0.05) is 6.07 Å². The number of aromatic nitrogens is 4. The number of hydrogen-bond acceptors (Lipinski definition) is 4. The van der Waals surface area contributed by atoms with E-state index in [1.54, 1.807) is 12.4 Å². The minimum absolute atomic E-state index is 0.122. The second kappa shape index (κ2) is 6.16. The summed E-state index contributed by atoms with van der Waals surface area (Å²) < 4.78 is 1.83. The Balaban J connectivity index is 1.95. The minimum atomic E-state index is -0.122. The summed E-state index contributed by atoms with van der Waals surface area (Å²) in [6.45, 7) is 6.97. The van der Waals surface area contributed by atoms with Gasteiger partial charge in [0.2, 0.25) is 0 Å². The summed E-state index contributed by atoms with van der Waals surface area (Å²) in [5.74, 6) is -0.122. The van der Waals surface area contributed by atoms with Crippen LogP contribution in [0, 0.1) is 13.8 Å². The summed E-state index contributed by atoms with van der Waals surface area (Å²) in [6.07, 6.45) is 3.46. The van der Waals surface area contributed by atoms with Crippen LogP contribution >= 0.6 is 0 Å². The van der Waals surface area contributed by atoms with Crippen LogP contribution in [-0.2, 0) is 13.1 Å². The molecular weight excluding hydrogens is 290 g/mol. The second-order valence-corrected chi connectivity index (χ2v) is 5.45. The molecule has 6 nitrogen and oxygen atoms in total. The van der Waals surface area contributed by atoms with Gasteiger partial charge in [-0.3, -0.25) is 9.78 Å². The van der Waals surface area contributed by atoms with Crippen molar-refractivity contribution in [2.24, 2.45) is 0 Å². The van der Waals surface area contributed by atoms with Crippen LogP contribution in [0.5, 0.6) is 0 Å². The molecule has 0 saturated heterocycles. The monoisotopic (exact) mass is 309 g/mol. The first kappa shape index (κ1) is 15.1. The maximum absolute atomic E-state index is 12.6. The molecule has 0 aliphatic rings. The van der Waals surface area contributed by atoms with E-state index in [-0.39, 0.29) is 5.91 Å². The standard InChI is InChI=1S/C17H19N5O/c1-4-22-16-15(12(3)21-22)14(8-11(2)20-16)17(23)19-10-13-6-5-7-18-9-13/h5-9H,4,10H2,1-3H3,(H,19,23). The summed E-state index contributed by atoms with van der Waals surface area (Å²) >= 11 is 0. The lowest BCUT2D eigenvalue weighted by Crippen LogP contribution is -2.23. The molecule has 3 heterocycles. The van der Waals surface area contributed by atoms with E-state index < -0.39 is 0 Å². The third kappa shape index (κ3) is 2.92. The number of fused-ring (bicyclic) bond motifs is 1. The molecule has 6 heteroatoms. The summed E-state index contributed by atoms with van der Waals surface area (Å²) in [4.78, 5) is 21.2. The van der Waals surface area contributed by atoms with Crippen LogP contribution in [-0.4, -0.2) is 25.7 Å². The van der Waals surface area contributed by atoms with Crippen molar-refractivity contribution < 1.29 is 4.79 Å². The second-order valence-electron chi connectivity index (χ2n) is 5.45. The first-order chi connectivity index (χ1) is 11.1. The van der Waals surface area contributed by atoms with Gasteiger partial charge in [0.05, 0.1) is 16.6 Å². The van der Waals surface area contributed by atoms with Crippen LogP contribution < -0.4 is 5.32 Å². The number of nitrogens with one attached hydrogen (secondary N) is 1. The normalized spacial score (nSPS) is 10.9. The predicted molar refractivity (Wildman–Crippen MR) is 88.1 cm³/mol. The first-order valence-corrected chi connectivity index (χ1v) is 7.62. The Morgan fingerprint density at radius 2 is 2.17 bits per heavy atom. The number of hydrogen-bond donors (Lipinski definition) is 1. The van der Waals surface area contributed by atoms with E-state index in [1.165, 1.54) is 0 Å². The Hall–Kier alpha value is -2.76. The van der Waals surface area contributed by atoms with E-state index in [4.69, 9.17) is 0 Å². The molecular formula is C17H19N5O. The molecule has 3 rings (SSSR count). The highest BCUT2D eigenvalue weighted by atomic mass is 16.1. The highest BCUT2D eigenvalue weighted by Crippen LogP contribution is 2.22. The van der Waals surface area contributed by atoms with Gasteiger partial charge in [-0.25, -0.2) is 9.67 Å². The van der Waals surface area contributed by atoms with Gasteiger partial charge < -0.3 is 5.32 Å². The third-order valence-electron chi connectivity index (χ3n) is 3.73. The Morgan fingerprint density at radius 1 is 1.35 bits per heavy atom. The number of carbonyl (C=O) groups excluding carboxylic acids is 1. The molecule has 0 aromatic carbocycles. The zero-order chi connectivity index (χ0) is 16.4. The minimum Gasteiger partial charge on any atom is -0.348 e. The van der Waals surface area contributed by atoms with E-state index >= 15 is 0 Å². The van der Waals surface area contributed by atoms with Crippen molar-refractivity contribution in [2.45, 2.75) is 33.9 Å². The summed E-state index contributed by atoms with van der Waals surface area (Å²) in [5, 5.41) is 8.24. The highest BCUT2D eigenvalue weighted by molar-refractivity contribution is 6.06. The highest BCUT2D eigenvalue weighted by Gasteiger charge is 2.18. The van der Waals surface area contributed by atoms with Gasteiger partial charge in [-0.2, -0.15) is 5.10 Å². The topological polar surface area (TPSA) is 72.7 Å². The lowest BCUT2D eigenvalue weighted by molar-refractivity contribution is 0.0952. The van der Waals surface area contributed by atoms with Crippen LogP contribution in [0.4, 0.5) is 0 Å². The maximum Gasteiger partial charge on any atom is 0.252 e. The fraction of sp³-hybridized carbons (Fsp3) is 0.294. The lowest BCUT2D eigenvalue weighted by Gasteiger charge is -2.08. The molecule has 0 bridgehead atoms. The van der Waals surface area contributed by atoms with Gasteiger partial charge in [0.1, 0.15) is 0 Å². The van der Waals surface area contributed by atoms with Crippen LogP contribution in [0.15, 0.2) is 30.6 Å². The van der Waals surface area contributed by atoms with Gasteiger partial charge in [0, 0.05) is 31.2 Å². The SMILES string of the molecule is CCn1nc(C)c2c(C(=O)NCc3cccnc3)cc(C)nc21. The molecule has 0 radical (unpaired) electrons. The van der Waals surface area contributed by atoms with Crippen LogP contribution in [0.2, 0.25) is 0 Å². The Bertz CT molecular complexity index is 854. The van der Waals surface area contributed by atoms with Gasteiger partial charge >= 0.3 is 0 Å². The van der Waals surface area contributed by atoms with E-state index in [0.717, 1.165) is 34.5 Å². The van der Waals surface area contributed by atoms with Crippen LogP contribution in [0.25, 0.3) is 11.0 Å². The van der Waals surface area contributed by atoms with Crippen molar-refractivity contribution in [1.82, 2.24) is 25.1 Å². The molecule has 0 saturated carbocycles. The third-order valence-corrected chi connectivity index (χ3v) is 3.73. The number of carbonyl (C=O) groups is 1. The quantitative estimate of drug-likeness (QED) is 0.803. The molecule has 1 amide bonds. The molecule has 0 aliphatic carbocycles. The summed E-state index contributed by atoms with van der Waals surface area (Å²) in [6, 6.07) is 5.60. The zero-order valence-corrected chi connectivity index (χ0v) is 13.5. The molecule has 3 aromatic rings. The summed E-state index contributed by atoms with van der Waals surface area (Å²) in [7, 11) is 0. The largest absolute Gasteiger partial charge is 0.348 e. The predicted octanol–water partition coefficient (Wildman–Crippen LogP) is 2.39. The van der Waals surface area contributed by atoms with Gasteiger partial charge in [-0.05, 0) is 38.5 Å². The van der Waals surface area contributed by atoms with E-state index in [2.05, 4.69) is 20.4 Å². The van der Waals surface area contributed by atoms with Gasteiger partial charge in [-0.15, -0.1) is 0 Å². The van der Waals surface area contributed by atoms with Crippen molar-refractivity contribution in [3.63, 3.8) is 0 Å². The average Bonchev–Trinajstić information content (AvgIpc) is 2.88. The molecule has 0 aliphatic heterocycles. The van der Waals surface area contributed by atoms with Crippen LogP contribution in [0.3, 0.4) is 0 Å². The number of rotatable bonds is 4. The summed E-state index contributed by atoms with van der Waals surface area (Å²) in [5.41, 5.74) is 3.97. The van der Waals surface area contributed by atoms with E-state index in [1.807, 2.05) is 43.7 Å². The van der Waals surface area contributed by atoms with Crippen molar-refractivity contribution in [2.75, 3.05) is 0 Å². The van der Waals surface area contributed by atoms with Crippen molar-refractivity contribution in [3.8, 4) is 0 Å². The first-order valence-electron chi connectivity index (χ1n) is 7.62. The Morgan fingerprint density at radius 3 is 2.87 bits per heavy atom. The maximum atomic E-state index is 12.6. The number of nitrogens with zero attached hydrogens (tertiary/aromatic N) is 4. The molecule has 0 unspecified atom stereocenters. The molecule has 0 spiro atoms. The molecule has 118 valence electrons. The van der Waals surface area contributed by atoms with Crippen LogP contribution in [0.1, 0.15) is 34.2 Å². The molecule has 0 fully saturated rings. The number of amides is 1. The fourth-order valence-corrected chi connectivity index (χ4v) is 2.66. The van der Waals surface area contributed by atoms with Gasteiger partial charge in [0.25, 0.3) is 5.91 Å². The van der Waals surface area contributed by atoms with Crippen molar-refractivity contribution in [1.29, 1.82) is 0 Å². The molecule has 3 aromatic heterocycles. The molecule has 0 atom stereocenters. The smallest absolute Gasteiger partial charge is 0.252 e. The average molecular weight is 309 g/mol. The van der Waals surface area contributed by atoms with E-state index in [0.29, 0.717) is 12.1 Å². The molecule has 23 heavy (non-hydrogen) atoms. The molecule has 1 N–H and O–H groups in total.